The van der Waals surface area contributed by atoms with E-state index in [0.717, 1.165) is 17.4 Å². The molecule has 0 fully saturated rings. The van der Waals surface area contributed by atoms with Gasteiger partial charge in [-0.25, -0.2) is 8.78 Å². The SMILES string of the molecule is C#CCSP(=S)(OCF)Oc1ccc(C#N)c(F)c1. The van der Waals surface area contributed by atoms with E-state index in [9.17, 15) is 8.78 Å². The largest absolute Gasteiger partial charge is 0.436 e. The Kier molecular flexibility index (Phi) is 6.27. The minimum atomic E-state index is -3.02. The number of hydrogen-bond acceptors (Lipinski definition) is 5. The van der Waals surface area contributed by atoms with Gasteiger partial charge in [0.15, 0.2) is 6.86 Å². The Morgan fingerprint density at radius 2 is 2.26 bits per heavy atom. The lowest BCUT2D eigenvalue weighted by molar-refractivity contribution is 0.199. The molecule has 0 amide bonds. The first-order chi connectivity index (χ1) is 9.04. The van der Waals surface area contributed by atoms with Crippen LogP contribution in [0.3, 0.4) is 0 Å². The van der Waals surface area contributed by atoms with Crippen molar-refractivity contribution in [3.8, 4) is 24.2 Å². The van der Waals surface area contributed by atoms with Crippen molar-refractivity contribution in [2.75, 3.05) is 12.6 Å². The van der Waals surface area contributed by atoms with E-state index < -0.39 is 18.4 Å². The molecule has 0 bridgehead atoms. The Morgan fingerprint density at radius 1 is 1.53 bits per heavy atom. The van der Waals surface area contributed by atoms with Crippen LogP contribution in [0.25, 0.3) is 0 Å². The van der Waals surface area contributed by atoms with E-state index in [1.807, 2.05) is 0 Å². The monoisotopic (exact) mass is 319 g/mol. The summed E-state index contributed by atoms with van der Waals surface area (Å²) in [7, 11) is 0. The summed E-state index contributed by atoms with van der Waals surface area (Å²) < 4.78 is 35.7. The van der Waals surface area contributed by atoms with Gasteiger partial charge < -0.3 is 4.52 Å². The predicted molar refractivity (Wildman–Crippen MR) is 74.4 cm³/mol. The fourth-order valence-corrected chi connectivity index (χ4v) is 4.25. The second-order valence-corrected chi connectivity index (χ2v) is 9.24. The van der Waals surface area contributed by atoms with Crippen molar-refractivity contribution in [2.24, 2.45) is 0 Å². The molecule has 0 saturated heterocycles. The van der Waals surface area contributed by atoms with Gasteiger partial charge in [0, 0.05) is 6.07 Å². The molecule has 1 rings (SSSR count). The van der Waals surface area contributed by atoms with Crippen LogP contribution in [0.4, 0.5) is 8.78 Å². The summed E-state index contributed by atoms with van der Waals surface area (Å²) in [5.74, 6) is 1.83. The van der Waals surface area contributed by atoms with Gasteiger partial charge in [-0.05, 0) is 35.3 Å². The minimum absolute atomic E-state index is 0.0674. The van der Waals surface area contributed by atoms with Gasteiger partial charge in [-0.15, -0.1) is 6.42 Å². The highest BCUT2D eigenvalue weighted by atomic mass is 32.9. The van der Waals surface area contributed by atoms with E-state index in [1.165, 1.54) is 12.1 Å². The standard InChI is InChI=1S/C11H8F2NO2PS2/c1-2-5-19-17(18,15-8-12)16-10-4-3-9(7-14)11(13)6-10/h1,3-4,6H,5,8H2. The third-order valence-electron chi connectivity index (χ3n) is 1.79. The molecule has 1 aromatic carbocycles. The highest BCUT2D eigenvalue weighted by molar-refractivity contribution is 8.68. The molecule has 0 aliphatic heterocycles. The van der Waals surface area contributed by atoms with E-state index >= 15 is 0 Å². The summed E-state index contributed by atoms with van der Waals surface area (Å²) in [6.45, 7) is -1.12. The molecule has 0 heterocycles. The van der Waals surface area contributed by atoms with Gasteiger partial charge in [0.1, 0.15) is 17.6 Å². The molecule has 3 nitrogen and oxygen atoms in total. The molecule has 1 atom stereocenters. The molecule has 1 unspecified atom stereocenters. The normalized spacial score (nSPS) is 13.1. The van der Waals surface area contributed by atoms with Crippen molar-refractivity contribution in [3.05, 3.63) is 29.6 Å². The van der Waals surface area contributed by atoms with Crippen molar-refractivity contribution < 1.29 is 17.8 Å². The molecular weight excluding hydrogens is 311 g/mol. The zero-order chi connectivity index (χ0) is 14.3. The molecule has 0 aliphatic rings. The molecule has 0 aliphatic carbocycles. The Bertz CT molecular complexity index is 583. The van der Waals surface area contributed by atoms with Gasteiger partial charge in [-0.3, -0.25) is 4.52 Å². The lowest BCUT2D eigenvalue weighted by Crippen LogP contribution is -1.96. The number of rotatable bonds is 6. The minimum Gasteiger partial charge on any atom is -0.436 e. The molecule has 8 heteroatoms. The van der Waals surface area contributed by atoms with Crippen LogP contribution in [0.1, 0.15) is 5.56 Å². The van der Waals surface area contributed by atoms with Crippen molar-refractivity contribution in [1.29, 1.82) is 5.26 Å². The Morgan fingerprint density at radius 3 is 2.79 bits per heavy atom. The van der Waals surface area contributed by atoms with Crippen molar-refractivity contribution in [1.82, 2.24) is 0 Å². The maximum atomic E-state index is 13.4. The van der Waals surface area contributed by atoms with Crippen LogP contribution in [0.15, 0.2) is 18.2 Å². The zero-order valence-electron chi connectivity index (χ0n) is 9.51. The number of terminal acetylenes is 1. The second-order valence-electron chi connectivity index (χ2n) is 3.01. The van der Waals surface area contributed by atoms with E-state index in [2.05, 4.69) is 5.92 Å². The first-order valence-corrected chi connectivity index (χ1v) is 9.05. The molecule has 100 valence electrons. The van der Waals surface area contributed by atoms with Gasteiger partial charge in [0.05, 0.1) is 11.3 Å². The van der Waals surface area contributed by atoms with Gasteiger partial charge >= 0.3 is 5.69 Å². The average Bonchev–Trinajstić information content (AvgIpc) is 2.37. The van der Waals surface area contributed by atoms with E-state index in [-0.39, 0.29) is 17.1 Å². The number of benzene rings is 1. The van der Waals surface area contributed by atoms with Crippen LogP contribution in [-0.4, -0.2) is 12.6 Å². The average molecular weight is 319 g/mol. The van der Waals surface area contributed by atoms with Gasteiger partial charge in [0.25, 0.3) is 0 Å². The van der Waals surface area contributed by atoms with Gasteiger partial charge in [0.2, 0.25) is 0 Å². The first-order valence-electron chi connectivity index (χ1n) is 4.82. The summed E-state index contributed by atoms with van der Waals surface area (Å²) in [6, 6.07) is 5.28. The molecule has 0 radical (unpaired) electrons. The molecule has 0 aromatic heterocycles. The highest BCUT2D eigenvalue weighted by Crippen LogP contribution is 2.60. The third-order valence-corrected chi connectivity index (χ3v) is 6.62. The van der Waals surface area contributed by atoms with Gasteiger partial charge in [-0.2, -0.15) is 5.26 Å². The van der Waals surface area contributed by atoms with E-state index in [0.29, 0.717) is 0 Å². The van der Waals surface area contributed by atoms with E-state index in [4.69, 9.17) is 32.5 Å². The molecule has 0 saturated carbocycles. The maximum Gasteiger partial charge on any atom is 0.300 e. The summed E-state index contributed by atoms with van der Waals surface area (Å²) in [4.78, 5) is 0. The maximum absolute atomic E-state index is 13.4. The molecular formula is C11H8F2NO2PS2. The lowest BCUT2D eigenvalue weighted by atomic mass is 10.2. The number of nitriles is 1. The Hall–Kier alpha value is -1.11. The van der Waals surface area contributed by atoms with Crippen LogP contribution in [0.5, 0.6) is 5.75 Å². The summed E-state index contributed by atoms with van der Waals surface area (Å²) in [5, 5.41) is 8.60. The molecule has 0 N–H and O–H groups in total. The molecule has 19 heavy (non-hydrogen) atoms. The first kappa shape index (κ1) is 15.9. The predicted octanol–water partition coefficient (Wildman–Crippen LogP) is 3.61. The Balaban J connectivity index is 2.91. The van der Waals surface area contributed by atoms with Crippen molar-refractivity contribution in [3.63, 3.8) is 0 Å². The topological polar surface area (TPSA) is 42.2 Å². The summed E-state index contributed by atoms with van der Waals surface area (Å²) >= 11 is 6.04. The molecule has 0 spiro atoms. The third kappa shape index (κ3) is 4.81. The van der Waals surface area contributed by atoms with Crippen LogP contribution in [0.2, 0.25) is 0 Å². The highest BCUT2D eigenvalue weighted by Gasteiger charge is 2.22. The molecule has 1 aromatic rings. The number of alkyl halides is 1. The smallest absolute Gasteiger partial charge is 0.300 e. The fourth-order valence-electron chi connectivity index (χ4n) is 1.04. The van der Waals surface area contributed by atoms with Crippen LogP contribution < -0.4 is 4.52 Å². The van der Waals surface area contributed by atoms with Gasteiger partial charge in [-0.1, -0.05) is 5.92 Å². The van der Waals surface area contributed by atoms with E-state index in [1.54, 1.807) is 6.07 Å². The lowest BCUT2D eigenvalue weighted by Gasteiger charge is -2.19. The fraction of sp³-hybridized carbons (Fsp3) is 0.182. The zero-order valence-corrected chi connectivity index (χ0v) is 12.0. The Labute approximate surface area is 118 Å². The number of nitrogens with zero attached hydrogens (tertiary/aromatic N) is 1. The number of hydrogen-bond donors (Lipinski definition) is 0. The second kappa shape index (κ2) is 7.47. The van der Waals surface area contributed by atoms with Crippen molar-refractivity contribution >= 4 is 28.9 Å². The van der Waals surface area contributed by atoms with Crippen molar-refractivity contribution in [2.45, 2.75) is 0 Å². The van der Waals surface area contributed by atoms with Crippen LogP contribution in [-0.2, 0) is 16.3 Å². The van der Waals surface area contributed by atoms with Crippen LogP contribution in [0, 0.1) is 29.5 Å². The quantitative estimate of drug-likeness (QED) is 0.592. The van der Waals surface area contributed by atoms with Crippen LogP contribution >= 0.6 is 17.1 Å². The summed E-state index contributed by atoms with van der Waals surface area (Å²) in [5.41, 5.74) is -3.14. The number of halogens is 2. The summed E-state index contributed by atoms with van der Waals surface area (Å²) in [6.07, 6.45) is 5.09.